The number of esters is 2. The first-order chi connectivity index (χ1) is 29.8. The smallest absolute Gasteiger partial charge is 0.338 e. The van der Waals surface area contributed by atoms with E-state index in [1.807, 2.05) is 0 Å². The zero-order valence-corrected chi connectivity index (χ0v) is 31.7. The van der Waals surface area contributed by atoms with Gasteiger partial charge in [0.25, 0.3) is 0 Å². The van der Waals surface area contributed by atoms with Crippen LogP contribution in [0, 0.1) is 0 Å². The van der Waals surface area contributed by atoms with Gasteiger partial charge in [0.15, 0.2) is 64.0 Å². The maximum absolute atomic E-state index is 14.0. The molecule has 13 N–H and O–H groups in total. The lowest BCUT2D eigenvalue weighted by Crippen LogP contribution is -2.35. The number of phenols is 12. The predicted octanol–water partition coefficient (Wildman–Crippen LogP) is 4.18. The van der Waals surface area contributed by atoms with Crippen molar-refractivity contribution in [2.45, 2.75) is 37.3 Å². The third kappa shape index (κ3) is 7.19. The molecule has 63 heavy (non-hydrogen) atoms. The molecule has 2 aliphatic heterocycles. The van der Waals surface area contributed by atoms with Crippen molar-refractivity contribution in [1.82, 2.24) is 0 Å². The zero-order valence-electron chi connectivity index (χ0n) is 31.7. The number of aromatic hydroxyl groups is 13. The largest absolute Gasteiger partial charge is 0.508 e. The van der Waals surface area contributed by atoms with Gasteiger partial charge in [-0.15, -0.1) is 0 Å². The molecule has 0 saturated carbocycles. The van der Waals surface area contributed by atoms with Gasteiger partial charge in [-0.2, -0.15) is 0 Å². The van der Waals surface area contributed by atoms with E-state index in [1.54, 1.807) is 0 Å². The number of ether oxygens (including phenoxy) is 4. The molecule has 6 aromatic rings. The second kappa shape index (κ2) is 15.0. The van der Waals surface area contributed by atoms with E-state index in [0.717, 1.165) is 66.7 Å². The lowest BCUT2D eigenvalue weighted by Gasteiger charge is -2.35. The molecule has 0 aliphatic carbocycles. The lowest BCUT2D eigenvalue weighted by atomic mass is 9.89. The highest BCUT2D eigenvalue weighted by Gasteiger charge is 2.41. The summed E-state index contributed by atoms with van der Waals surface area (Å²) in [6.45, 7) is 0. The fourth-order valence-corrected chi connectivity index (χ4v) is 7.54. The highest BCUT2D eigenvalue weighted by molar-refractivity contribution is 5.95. The van der Waals surface area contributed by atoms with Crippen LogP contribution in [0.5, 0.6) is 86.2 Å². The van der Waals surface area contributed by atoms with Crippen molar-refractivity contribution >= 4 is 22.7 Å². The Morgan fingerprint density at radius 1 is 0.476 bits per heavy atom. The maximum atomic E-state index is 14.0. The first kappa shape index (κ1) is 40.9. The summed E-state index contributed by atoms with van der Waals surface area (Å²) >= 11 is 0. The predicted molar refractivity (Wildman–Crippen MR) is 210 cm³/mol. The van der Waals surface area contributed by atoms with Crippen LogP contribution in [-0.2, 0) is 22.3 Å². The number of fused-ring (bicyclic) bond motifs is 3. The molecule has 2 aliphatic rings. The number of carbonyl (C=O) groups is 2. The molecular formula is C43H32O20. The van der Waals surface area contributed by atoms with Gasteiger partial charge in [-0.05, 0) is 47.9 Å². The van der Waals surface area contributed by atoms with E-state index in [2.05, 4.69) is 0 Å². The lowest BCUT2D eigenvalue weighted by molar-refractivity contribution is -0.0194. The van der Waals surface area contributed by atoms with E-state index in [1.165, 1.54) is 0 Å². The van der Waals surface area contributed by atoms with E-state index in [4.69, 9.17) is 18.9 Å². The molecule has 0 radical (unpaired) electrons. The van der Waals surface area contributed by atoms with E-state index < -0.39 is 139 Å². The van der Waals surface area contributed by atoms with E-state index in [0.29, 0.717) is 0 Å². The third-order valence-corrected chi connectivity index (χ3v) is 10.5. The van der Waals surface area contributed by atoms with Gasteiger partial charge in [0, 0.05) is 59.4 Å². The molecule has 0 saturated heterocycles. The summed E-state index contributed by atoms with van der Waals surface area (Å²) in [5, 5.41) is 135. The van der Waals surface area contributed by atoms with Crippen LogP contribution in [0.25, 0.3) is 10.8 Å². The number of rotatable bonds is 6. The molecule has 0 fully saturated rings. The molecule has 324 valence electrons. The molecule has 0 aromatic heterocycles. The standard InChI is InChI=1S/C43H32O20/c44-17-7-23(46)21-12-33(62-42(58)15-3-25(48)36(54)26(49)4-15)40(60-31(21)9-17)14-1-19-20(11-30(53)39(57)35(19)38(56)29(52)2-14)41-34(13-22-24(47)8-18(45)10-32(22)61-41)63-43(59)16-5-27(50)37(55)28(51)6-16/h1-11,33-34,40-41,44-51,53-55,57H,12-13H2,(H,52,56)/t33-,34-,40+,41-/m1/s1. The summed E-state index contributed by atoms with van der Waals surface area (Å²) in [5.74, 6) is -13.2. The van der Waals surface area contributed by atoms with Gasteiger partial charge >= 0.3 is 11.9 Å². The Bertz CT molecular complexity index is 2950. The Morgan fingerprint density at radius 2 is 0.905 bits per heavy atom. The summed E-state index contributed by atoms with van der Waals surface area (Å²) < 4.78 is 23.9. The van der Waals surface area contributed by atoms with Crippen LogP contribution >= 0.6 is 0 Å². The fraction of sp³-hybridized carbons (Fsp3) is 0.140. The zero-order chi connectivity index (χ0) is 45.3. The molecule has 8 rings (SSSR count). The van der Waals surface area contributed by atoms with E-state index >= 15 is 0 Å². The molecule has 2 heterocycles. The van der Waals surface area contributed by atoms with Gasteiger partial charge < -0.3 is 85.3 Å². The molecule has 20 nitrogen and oxygen atoms in total. The van der Waals surface area contributed by atoms with Gasteiger partial charge in [-0.3, -0.25) is 4.79 Å². The van der Waals surface area contributed by atoms with Crippen molar-refractivity contribution < 1.29 is 94.9 Å². The minimum Gasteiger partial charge on any atom is -0.508 e. The summed E-state index contributed by atoms with van der Waals surface area (Å²) in [6, 6.07) is 10.2. The molecule has 4 atom stereocenters. The van der Waals surface area contributed by atoms with Crippen molar-refractivity contribution in [3.63, 3.8) is 0 Å². The number of hydrogen-bond donors (Lipinski definition) is 13. The van der Waals surface area contributed by atoms with Crippen molar-refractivity contribution in [3.05, 3.63) is 110 Å². The highest BCUT2D eigenvalue weighted by Crippen LogP contribution is 2.49. The topological polar surface area (TPSA) is 351 Å². The molecule has 20 heteroatoms. The molecule has 6 aromatic carbocycles. The van der Waals surface area contributed by atoms with E-state index in [9.17, 15) is 80.8 Å². The Labute approximate surface area is 351 Å². The fourth-order valence-electron chi connectivity index (χ4n) is 7.54. The molecule has 0 bridgehead atoms. The average molecular weight is 869 g/mol. The van der Waals surface area contributed by atoms with Crippen molar-refractivity contribution in [3.8, 4) is 86.2 Å². The SMILES string of the molecule is O=C(O[C@@H]1Cc2c(O)cc(O)cc2O[C@@H]1c1cc(O)c(O)c2c(=O)c(O)cc([C@@H]3Oc4cc(O)cc(O)c4C[C@H]3OC(=O)c3cc(O)c(O)c(O)c3)cc12)c1cc(O)c(O)c(O)c1. The maximum Gasteiger partial charge on any atom is 0.338 e. The Hall–Kier alpha value is -8.81. The van der Waals surface area contributed by atoms with Crippen LogP contribution in [0.4, 0.5) is 0 Å². The number of benzene rings is 5. The van der Waals surface area contributed by atoms with Crippen LogP contribution in [0.2, 0.25) is 0 Å². The van der Waals surface area contributed by atoms with Crippen LogP contribution in [-0.4, -0.2) is 90.5 Å². The first-order valence-electron chi connectivity index (χ1n) is 18.4. The van der Waals surface area contributed by atoms with Crippen molar-refractivity contribution in [2.75, 3.05) is 0 Å². The van der Waals surface area contributed by atoms with Crippen molar-refractivity contribution in [1.29, 1.82) is 0 Å². The monoisotopic (exact) mass is 868 g/mol. The Balaban J connectivity index is 1.31. The summed E-state index contributed by atoms with van der Waals surface area (Å²) in [6.07, 6.45) is -7.15. The van der Waals surface area contributed by atoms with Gasteiger partial charge in [0.05, 0.1) is 16.5 Å². The van der Waals surface area contributed by atoms with Gasteiger partial charge in [0.1, 0.15) is 46.7 Å². The number of hydrogen-bond acceptors (Lipinski definition) is 20. The second-order valence-electron chi connectivity index (χ2n) is 14.6. The summed E-state index contributed by atoms with van der Waals surface area (Å²) in [5.41, 5.74) is -2.71. The van der Waals surface area contributed by atoms with Crippen LogP contribution in [0.1, 0.15) is 55.2 Å². The third-order valence-electron chi connectivity index (χ3n) is 10.5. The molecular weight excluding hydrogens is 836 g/mol. The minimum atomic E-state index is -1.65. The minimum absolute atomic E-state index is 0.000315. The quantitative estimate of drug-likeness (QED) is 0.0824. The van der Waals surface area contributed by atoms with Crippen LogP contribution < -0.4 is 14.9 Å². The Morgan fingerprint density at radius 3 is 1.38 bits per heavy atom. The van der Waals surface area contributed by atoms with Crippen LogP contribution in [0.15, 0.2) is 71.5 Å². The number of carbonyl (C=O) groups excluding carboxylic acids is 2. The Kier molecular flexibility index (Phi) is 9.77. The molecule has 0 spiro atoms. The second-order valence-corrected chi connectivity index (χ2v) is 14.6. The highest BCUT2D eigenvalue weighted by atomic mass is 16.6. The first-order valence-corrected chi connectivity index (χ1v) is 18.4. The molecule has 0 unspecified atom stereocenters. The number of phenolic OH excluding ortho intramolecular Hbond substituents is 12. The van der Waals surface area contributed by atoms with Gasteiger partial charge in [0.2, 0.25) is 5.43 Å². The van der Waals surface area contributed by atoms with E-state index in [-0.39, 0.29) is 45.6 Å². The molecule has 0 amide bonds. The summed E-state index contributed by atoms with van der Waals surface area (Å²) in [7, 11) is 0. The van der Waals surface area contributed by atoms with Gasteiger partial charge in [-0.25, -0.2) is 9.59 Å². The van der Waals surface area contributed by atoms with Crippen LogP contribution in [0.3, 0.4) is 0 Å². The van der Waals surface area contributed by atoms with Gasteiger partial charge in [-0.1, -0.05) is 0 Å². The normalized spacial score (nSPS) is 17.7. The summed E-state index contributed by atoms with van der Waals surface area (Å²) in [4.78, 5) is 41.1. The van der Waals surface area contributed by atoms with Crippen molar-refractivity contribution in [2.24, 2.45) is 0 Å². The average Bonchev–Trinajstić information content (AvgIpc) is 3.35.